The predicted octanol–water partition coefficient (Wildman–Crippen LogP) is 1.68. The number of nitrogens with zero attached hydrogens (tertiary/aromatic N) is 7. The molecule has 1 fully saturated rings. The van der Waals surface area contributed by atoms with Crippen LogP contribution >= 0.6 is 0 Å². The number of nitrogens with one attached hydrogen (secondary N) is 1. The monoisotopic (exact) mass is 416 g/mol. The minimum Gasteiger partial charge on any atom is -0.337 e. The number of aromatic nitrogens is 6. The zero-order valence-corrected chi connectivity index (χ0v) is 16.3. The van der Waals surface area contributed by atoms with Gasteiger partial charge in [-0.3, -0.25) is 9.69 Å². The number of carbonyl (C=O) groups excluding carboxylic acids is 2. The fourth-order valence-corrected chi connectivity index (χ4v) is 3.43. The van der Waals surface area contributed by atoms with E-state index in [0.29, 0.717) is 17.1 Å². The van der Waals surface area contributed by atoms with Crippen molar-refractivity contribution in [3.05, 3.63) is 72.4 Å². The normalized spacial score (nSPS) is 18.4. The van der Waals surface area contributed by atoms with Gasteiger partial charge in [-0.15, -0.1) is 5.10 Å². The lowest BCUT2D eigenvalue weighted by molar-refractivity contribution is -0.131. The van der Waals surface area contributed by atoms with E-state index >= 15 is 0 Å². The Hall–Kier alpha value is -4.41. The van der Waals surface area contributed by atoms with Crippen LogP contribution in [0.5, 0.6) is 0 Å². The van der Waals surface area contributed by atoms with Crippen LogP contribution in [-0.4, -0.2) is 47.2 Å². The van der Waals surface area contributed by atoms with E-state index in [2.05, 4.69) is 31.0 Å². The molecule has 0 radical (unpaired) electrons. The van der Waals surface area contributed by atoms with Gasteiger partial charge in [0.25, 0.3) is 5.91 Å². The molecule has 31 heavy (non-hydrogen) atoms. The van der Waals surface area contributed by atoms with E-state index in [9.17, 15) is 9.59 Å². The van der Waals surface area contributed by atoms with Crippen molar-refractivity contribution < 1.29 is 14.1 Å². The second kappa shape index (κ2) is 7.13. The molecule has 3 heterocycles. The van der Waals surface area contributed by atoms with Crippen molar-refractivity contribution in [3.63, 3.8) is 0 Å². The van der Waals surface area contributed by atoms with Gasteiger partial charge in [0.15, 0.2) is 0 Å². The molecular weight excluding hydrogens is 400 g/mol. The van der Waals surface area contributed by atoms with Gasteiger partial charge in [0, 0.05) is 5.56 Å². The number of hydrogen-bond acceptors (Lipinski definition) is 8. The summed E-state index contributed by atoms with van der Waals surface area (Å²) in [5.74, 6) is 0.124. The number of tetrazole rings is 1. The summed E-state index contributed by atoms with van der Waals surface area (Å²) in [6.07, 6.45) is 1.45. The predicted molar refractivity (Wildman–Crippen MR) is 105 cm³/mol. The van der Waals surface area contributed by atoms with Crippen LogP contribution in [0.25, 0.3) is 17.1 Å². The van der Waals surface area contributed by atoms with Crippen molar-refractivity contribution in [3.8, 4) is 17.1 Å². The Labute approximate surface area is 175 Å². The lowest BCUT2D eigenvalue weighted by atomic mass is 9.91. The van der Waals surface area contributed by atoms with Gasteiger partial charge >= 0.3 is 6.03 Å². The van der Waals surface area contributed by atoms with Gasteiger partial charge in [-0.2, -0.15) is 4.98 Å². The fourth-order valence-electron chi connectivity index (χ4n) is 3.43. The van der Waals surface area contributed by atoms with Gasteiger partial charge in [0.05, 0.1) is 5.69 Å². The number of amides is 3. The highest BCUT2D eigenvalue weighted by atomic mass is 16.5. The van der Waals surface area contributed by atoms with Gasteiger partial charge < -0.3 is 9.84 Å². The standard InChI is InChI=1S/C20H16N8O3/c1-20(14-8-5-9-15(10-14)28-12-21-25-26-28)18(29)27(19(30)23-20)11-16-22-17(24-31-16)13-6-3-2-4-7-13/h2-10,12H,11H2,1H3,(H,23,30)/t20-/m0/s1. The molecule has 2 aromatic carbocycles. The first-order valence-corrected chi connectivity index (χ1v) is 9.40. The quantitative estimate of drug-likeness (QED) is 0.486. The van der Waals surface area contributed by atoms with Gasteiger partial charge in [-0.1, -0.05) is 47.6 Å². The molecule has 1 aliphatic heterocycles. The molecule has 1 atom stereocenters. The number of imide groups is 1. The van der Waals surface area contributed by atoms with Crippen molar-refractivity contribution in [2.45, 2.75) is 19.0 Å². The molecule has 11 heteroatoms. The third-order valence-corrected chi connectivity index (χ3v) is 5.11. The summed E-state index contributed by atoms with van der Waals surface area (Å²) in [6.45, 7) is 1.52. The maximum atomic E-state index is 13.2. The van der Waals surface area contributed by atoms with Crippen LogP contribution in [0.15, 0.2) is 65.4 Å². The molecule has 1 aliphatic rings. The Morgan fingerprint density at radius 1 is 1.10 bits per heavy atom. The molecule has 0 unspecified atom stereocenters. The molecule has 0 spiro atoms. The van der Waals surface area contributed by atoms with Crippen LogP contribution in [-0.2, 0) is 16.9 Å². The van der Waals surface area contributed by atoms with Crippen LogP contribution in [0.4, 0.5) is 4.79 Å². The van der Waals surface area contributed by atoms with Crippen LogP contribution in [0.2, 0.25) is 0 Å². The molecule has 4 aromatic rings. The average Bonchev–Trinajstić information content (AvgIpc) is 3.53. The average molecular weight is 416 g/mol. The molecule has 0 aliphatic carbocycles. The van der Waals surface area contributed by atoms with Gasteiger partial charge in [0.2, 0.25) is 11.7 Å². The summed E-state index contributed by atoms with van der Waals surface area (Å²) >= 11 is 0. The summed E-state index contributed by atoms with van der Waals surface area (Å²) in [5.41, 5.74) is 0.771. The van der Waals surface area contributed by atoms with Crippen molar-refractivity contribution in [2.24, 2.45) is 0 Å². The molecule has 154 valence electrons. The third-order valence-electron chi connectivity index (χ3n) is 5.11. The van der Waals surface area contributed by atoms with E-state index in [-0.39, 0.29) is 12.4 Å². The number of rotatable bonds is 5. The lowest BCUT2D eigenvalue weighted by Gasteiger charge is -2.22. The van der Waals surface area contributed by atoms with Crippen LogP contribution in [0.1, 0.15) is 18.4 Å². The summed E-state index contributed by atoms with van der Waals surface area (Å²) in [6, 6.07) is 15.8. The fraction of sp³-hybridized carbons (Fsp3) is 0.150. The van der Waals surface area contributed by atoms with E-state index in [0.717, 1.165) is 10.5 Å². The Morgan fingerprint density at radius 3 is 2.71 bits per heavy atom. The highest BCUT2D eigenvalue weighted by Gasteiger charge is 2.49. The smallest absolute Gasteiger partial charge is 0.325 e. The van der Waals surface area contributed by atoms with E-state index in [1.807, 2.05) is 30.3 Å². The summed E-state index contributed by atoms with van der Waals surface area (Å²) in [4.78, 5) is 31.2. The zero-order chi connectivity index (χ0) is 21.4. The Morgan fingerprint density at radius 2 is 1.94 bits per heavy atom. The van der Waals surface area contributed by atoms with Gasteiger partial charge in [-0.25, -0.2) is 9.48 Å². The maximum Gasteiger partial charge on any atom is 0.325 e. The SMILES string of the molecule is C[C@@]1(c2cccc(-n3cnnn3)c2)NC(=O)N(Cc2nc(-c3ccccc3)no2)C1=O. The van der Waals surface area contributed by atoms with E-state index < -0.39 is 17.5 Å². The van der Waals surface area contributed by atoms with E-state index in [4.69, 9.17) is 4.52 Å². The number of hydrogen-bond donors (Lipinski definition) is 1. The number of benzene rings is 2. The number of urea groups is 1. The first-order valence-electron chi connectivity index (χ1n) is 9.40. The Balaban J connectivity index is 1.40. The van der Waals surface area contributed by atoms with Crippen molar-refractivity contribution >= 4 is 11.9 Å². The highest BCUT2D eigenvalue weighted by Crippen LogP contribution is 2.31. The molecule has 1 saturated heterocycles. The summed E-state index contributed by atoms with van der Waals surface area (Å²) in [5, 5.41) is 17.8. The van der Waals surface area contributed by atoms with E-state index in [1.54, 1.807) is 31.2 Å². The first kappa shape index (κ1) is 18.6. The van der Waals surface area contributed by atoms with Crippen molar-refractivity contribution in [2.75, 3.05) is 0 Å². The number of carbonyl (C=O) groups is 2. The van der Waals surface area contributed by atoms with Crippen LogP contribution in [0.3, 0.4) is 0 Å². The van der Waals surface area contributed by atoms with Crippen molar-refractivity contribution in [1.29, 1.82) is 0 Å². The molecule has 11 nitrogen and oxygen atoms in total. The van der Waals surface area contributed by atoms with Gasteiger partial charge in [-0.05, 0) is 35.0 Å². The minimum absolute atomic E-state index is 0.132. The molecule has 3 amide bonds. The molecular formula is C20H16N8O3. The third kappa shape index (κ3) is 3.21. The molecule has 1 N–H and O–H groups in total. The molecule has 5 rings (SSSR count). The highest BCUT2D eigenvalue weighted by molar-refractivity contribution is 6.07. The van der Waals surface area contributed by atoms with Gasteiger partial charge in [0.1, 0.15) is 18.4 Å². The zero-order valence-electron chi connectivity index (χ0n) is 16.3. The lowest BCUT2D eigenvalue weighted by Crippen LogP contribution is -2.40. The van der Waals surface area contributed by atoms with Crippen molar-refractivity contribution in [1.82, 2.24) is 40.6 Å². The minimum atomic E-state index is -1.26. The first-order chi connectivity index (χ1) is 15.0. The topological polar surface area (TPSA) is 132 Å². The van der Waals surface area contributed by atoms with E-state index in [1.165, 1.54) is 11.0 Å². The second-order valence-electron chi connectivity index (χ2n) is 7.13. The summed E-state index contributed by atoms with van der Waals surface area (Å²) < 4.78 is 6.73. The largest absolute Gasteiger partial charge is 0.337 e. The molecule has 0 saturated carbocycles. The molecule has 2 aromatic heterocycles. The Bertz CT molecular complexity index is 1250. The second-order valence-corrected chi connectivity index (χ2v) is 7.13. The maximum absolute atomic E-state index is 13.2. The Kier molecular flexibility index (Phi) is 4.28. The van der Waals surface area contributed by atoms with Crippen LogP contribution in [0, 0.1) is 0 Å². The summed E-state index contributed by atoms with van der Waals surface area (Å²) in [7, 11) is 0. The molecule has 0 bridgehead atoms. The van der Waals surface area contributed by atoms with Crippen LogP contribution < -0.4 is 5.32 Å².